The summed E-state index contributed by atoms with van der Waals surface area (Å²) in [7, 11) is -3.78. The van der Waals surface area contributed by atoms with Gasteiger partial charge in [-0.3, -0.25) is 0 Å². The predicted octanol–water partition coefficient (Wildman–Crippen LogP) is 4.48. The molecule has 3 rings (SSSR count). The number of halogens is 5. The maximum Gasteiger partial charge on any atom is 0.417 e. The van der Waals surface area contributed by atoms with Gasteiger partial charge >= 0.3 is 6.18 Å². The Kier molecular flexibility index (Phi) is 6.43. The van der Waals surface area contributed by atoms with E-state index in [1.54, 1.807) is 4.90 Å². The van der Waals surface area contributed by atoms with E-state index in [-0.39, 0.29) is 13.0 Å². The van der Waals surface area contributed by atoms with Gasteiger partial charge in [0.2, 0.25) is 0 Å². The monoisotopic (exact) mass is 477 g/mol. The van der Waals surface area contributed by atoms with Crippen LogP contribution in [0.1, 0.15) is 25.8 Å². The van der Waals surface area contributed by atoms with Crippen LogP contribution in [0.4, 0.5) is 33.5 Å². The third-order valence-electron chi connectivity index (χ3n) is 5.25. The molecule has 0 N–H and O–H groups in total. The molecule has 1 aromatic carbocycles. The third-order valence-corrected chi connectivity index (χ3v) is 6.36. The molecule has 2 heterocycles. The molecule has 0 radical (unpaired) electrons. The maximum absolute atomic E-state index is 14.5. The molecule has 1 aliphatic rings. The minimum absolute atomic E-state index is 0.0618. The first kappa shape index (κ1) is 24.2. The van der Waals surface area contributed by atoms with Gasteiger partial charge < -0.3 is 9.80 Å². The Hall–Kier alpha value is -2.43. The van der Waals surface area contributed by atoms with Gasteiger partial charge in [0.15, 0.2) is 9.84 Å². The van der Waals surface area contributed by atoms with Gasteiger partial charge in [0, 0.05) is 44.2 Å². The largest absolute Gasteiger partial charge is 0.417 e. The summed E-state index contributed by atoms with van der Waals surface area (Å²) in [6.45, 7) is 3.74. The number of benzene rings is 1. The van der Waals surface area contributed by atoms with Crippen LogP contribution in [0.25, 0.3) is 0 Å². The Labute approximate surface area is 183 Å². The van der Waals surface area contributed by atoms with Gasteiger partial charge in [-0.1, -0.05) is 0 Å². The number of nitrogens with zero attached hydrogens (tertiary/aromatic N) is 3. The van der Waals surface area contributed by atoms with Crippen molar-refractivity contribution in [1.29, 1.82) is 0 Å². The van der Waals surface area contributed by atoms with Crippen molar-refractivity contribution < 1.29 is 30.4 Å². The number of aromatic nitrogens is 1. The molecule has 1 aromatic heterocycles. The molecule has 0 bridgehead atoms. The van der Waals surface area contributed by atoms with Crippen molar-refractivity contribution in [2.45, 2.75) is 43.1 Å². The summed E-state index contributed by atoms with van der Waals surface area (Å²) in [4.78, 5) is 7.07. The van der Waals surface area contributed by atoms with Crippen LogP contribution in [0.15, 0.2) is 41.4 Å². The van der Waals surface area contributed by atoms with Crippen molar-refractivity contribution in [2.75, 3.05) is 35.7 Å². The quantitative estimate of drug-likeness (QED) is 0.595. The van der Waals surface area contributed by atoms with Crippen LogP contribution < -0.4 is 9.80 Å². The molecule has 5 nitrogen and oxygen atoms in total. The molecular formula is C21H24F5N3O2S. The smallest absolute Gasteiger partial charge is 0.368 e. The maximum atomic E-state index is 14.5. The van der Waals surface area contributed by atoms with E-state index in [0.717, 1.165) is 24.6 Å². The Morgan fingerprint density at radius 2 is 1.78 bits per heavy atom. The predicted molar refractivity (Wildman–Crippen MR) is 112 cm³/mol. The molecule has 11 heteroatoms. The van der Waals surface area contributed by atoms with Gasteiger partial charge in [-0.25, -0.2) is 22.2 Å². The second kappa shape index (κ2) is 8.49. The van der Waals surface area contributed by atoms with Gasteiger partial charge in [-0.05, 0) is 44.2 Å². The van der Waals surface area contributed by atoms with Crippen molar-refractivity contribution in [3.05, 3.63) is 47.9 Å². The SMILES string of the molecule is CC(C)(F)CC1CN(c2ccc(F)c(S(C)(=O)=O)c2)CCN1c1ccc(C(F)(F)F)cn1. The number of rotatable bonds is 5. The van der Waals surface area contributed by atoms with E-state index in [0.29, 0.717) is 24.6 Å². The van der Waals surface area contributed by atoms with Crippen LogP contribution in [0.5, 0.6) is 0 Å². The number of anilines is 2. The lowest BCUT2D eigenvalue weighted by Gasteiger charge is -2.44. The molecule has 0 spiro atoms. The fourth-order valence-electron chi connectivity index (χ4n) is 3.82. The number of pyridine rings is 1. The topological polar surface area (TPSA) is 53.5 Å². The van der Waals surface area contributed by atoms with Crippen molar-refractivity contribution in [3.63, 3.8) is 0 Å². The first-order valence-corrected chi connectivity index (χ1v) is 11.8. The molecule has 0 aliphatic carbocycles. The van der Waals surface area contributed by atoms with E-state index in [4.69, 9.17) is 0 Å². The molecule has 0 amide bonds. The number of alkyl halides is 4. The molecule has 176 valence electrons. The van der Waals surface area contributed by atoms with E-state index < -0.39 is 44.0 Å². The fourth-order valence-corrected chi connectivity index (χ4v) is 4.58. The average molecular weight is 477 g/mol. The Bertz CT molecular complexity index is 1070. The highest BCUT2D eigenvalue weighted by Gasteiger charge is 2.35. The van der Waals surface area contributed by atoms with Gasteiger partial charge in [-0.15, -0.1) is 0 Å². The van der Waals surface area contributed by atoms with E-state index in [1.165, 1.54) is 32.0 Å². The molecular weight excluding hydrogens is 453 g/mol. The lowest BCUT2D eigenvalue weighted by molar-refractivity contribution is -0.137. The van der Waals surface area contributed by atoms with E-state index >= 15 is 0 Å². The number of hydrogen-bond acceptors (Lipinski definition) is 5. The summed E-state index contributed by atoms with van der Waals surface area (Å²) in [5.41, 5.74) is -1.98. The minimum atomic E-state index is -4.51. The fraction of sp³-hybridized carbons (Fsp3) is 0.476. The van der Waals surface area contributed by atoms with Crippen molar-refractivity contribution in [2.24, 2.45) is 0 Å². The highest BCUT2D eigenvalue weighted by Crippen LogP contribution is 2.32. The first-order chi connectivity index (χ1) is 14.6. The third kappa shape index (κ3) is 5.67. The molecule has 1 aliphatic heterocycles. The highest BCUT2D eigenvalue weighted by molar-refractivity contribution is 7.90. The van der Waals surface area contributed by atoms with E-state index in [2.05, 4.69) is 4.98 Å². The summed E-state index contributed by atoms with van der Waals surface area (Å²) >= 11 is 0. The molecule has 1 saturated heterocycles. The normalized spacial score (nSPS) is 18.2. The Morgan fingerprint density at radius 3 is 2.31 bits per heavy atom. The number of hydrogen-bond donors (Lipinski definition) is 0. The second-order valence-corrected chi connectivity index (χ2v) is 10.5. The van der Waals surface area contributed by atoms with Crippen molar-refractivity contribution >= 4 is 21.3 Å². The van der Waals surface area contributed by atoms with Crippen LogP contribution >= 0.6 is 0 Å². The minimum Gasteiger partial charge on any atom is -0.368 e. The summed E-state index contributed by atoms with van der Waals surface area (Å²) in [6, 6.07) is 5.51. The van der Waals surface area contributed by atoms with Gasteiger partial charge in [0.25, 0.3) is 0 Å². The second-order valence-electron chi connectivity index (χ2n) is 8.51. The summed E-state index contributed by atoms with van der Waals surface area (Å²) in [5.74, 6) is -0.562. The summed E-state index contributed by atoms with van der Waals surface area (Å²) < 4.78 is 90.9. The zero-order valence-corrected chi connectivity index (χ0v) is 18.6. The van der Waals surface area contributed by atoms with Crippen LogP contribution in [0, 0.1) is 5.82 Å². The molecule has 1 unspecified atom stereocenters. The first-order valence-electron chi connectivity index (χ1n) is 9.88. The van der Waals surface area contributed by atoms with Gasteiger partial charge in [0.05, 0.1) is 11.6 Å². The average Bonchev–Trinajstić information content (AvgIpc) is 2.65. The molecule has 32 heavy (non-hydrogen) atoms. The lowest BCUT2D eigenvalue weighted by Crippen LogP contribution is -2.55. The summed E-state index contributed by atoms with van der Waals surface area (Å²) in [6.07, 6.45) is -2.79. The van der Waals surface area contributed by atoms with Crippen LogP contribution in [0.2, 0.25) is 0 Å². The standard InChI is InChI=1S/C21H24F5N3O2S/c1-20(2,23)11-16-13-28(15-5-6-17(22)18(10-15)32(3,30)31)8-9-29(16)19-7-4-14(12-27-19)21(24,25)26/h4-7,10,12,16H,8-9,11,13H2,1-3H3. The van der Waals surface area contributed by atoms with Gasteiger partial charge in [-0.2, -0.15) is 13.2 Å². The Morgan fingerprint density at radius 1 is 1.09 bits per heavy atom. The molecule has 1 atom stereocenters. The van der Waals surface area contributed by atoms with Gasteiger partial charge in [0.1, 0.15) is 22.2 Å². The molecule has 0 saturated carbocycles. The molecule has 2 aromatic rings. The van der Waals surface area contributed by atoms with Crippen LogP contribution in [-0.4, -0.2) is 51.0 Å². The van der Waals surface area contributed by atoms with Crippen LogP contribution in [0.3, 0.4) is 0 Å². The van der Waals surface area contributed by atoms with Crippen molar-refractivity contribution in [1.82, 2.24) is 4.98 Å². The van der Waals surface area contributed by atoms with Crippen LogP contribution in [-0.2, 0) is 16.0 Å². The lowest BCUT2D eigenvalue weighted by atomic mass is 9.97. The number of piperazine rings is 1. The highest BCUT2D eigenvalue weighted by atomic mass is 32.2. The molecule has 1 fully saturated rings. The number of sulfone groups is 1. The summed E-state index contributed by atoms with van der Waals surface area (Å²) in [5, 5.41) is 0. The van der Waals surface area contributed by atoms with E-state index in [1.807, 2.05) is 4.90 Å². The van der Waals surface area contributed by atoms with E-state index in [9.17, 15) is 30.4 Å². The zero-order chi connectivity index (χ0) is 23.9. The zero-order valence-electron chi connectivity index (χ0n) is 17.8. The van der Waals surface area contributed by atoms with Crippen molar-refractivity contribution in [3.8, 4) is 0 Å². The Balaban J connectivity index is 1.90.